The van der Waals surface area contributed by atoms with Crippen molar-refractivity contribution >= 4 is 5.78 Å². The fraction of sp³-hybridized carbons (Fsp3) is 0.963. The molecule has 0 aromatic carbocycles. The predicted octanol–water partition coefficient (Wildman–Crippen LogP) is 7.68. The summed E-state index contributed by atoms with van der Waals surface area (Å²) >= 11 is 0. The molecule has 1 nitrogen and oxygen atoms in total. The van der Waals surface area contributed by atoms with E-state index in [0.29, 0.717) is 22.5 Å². The first kappa shape index (κ1) is 20.9. The molecular weight excluding hydrogens is 340 g/mol. The standard InChI is InChI=1S/C27H46O/c1-18(2)7-6-8-19(3)23-11-12-24-22-10-9-20-17-21(28)13-15-26(20,4)25(22)14-16-27(23,24)5/h18-20,22-25H,6-17H2,1-5H3/t19-,20+,22+,23?,24+,25+,26+,27-/m1/s1. The van der Waals surface area contributed by atoms with Crippen LogP contribution in [0.2, 0.25) is 0 Å². The molecule has 0 saturated heterocycles. The molecule has 0 bridgehead atoms. The van der Waals surface area contributed by atoms with Crippen LogP contribution < -0.4 is 0 Å². The van der Waals surface area contributed by atoms with E-state index in [1.807, 2.05) is 0 Å². The molecule has 0 radical (unpaired) electrons. The summed E-state index contributed by atoms with van der Waals surface area (Å²) in [4.78, 5) is 12.1. The van der Waals surface area contributed by atoms with Crippen molar-refractivity contribution < 1.29 is 4.79 Å². The third-order valence-electron chi connectivity index (χ3n) is 10.7. The third kappa shape index (κ3) is 3.41. The first-order chi connectivity index (χ1) is 13.3. The van der Waals surface area contributed by atoms with Crippen LogP contribution in [-0.2, 0) is 4.79 Å². The lowest BCUT2D eigenvalue weighted by Crippen LogP contribution is -2.53. The zero-order chi connectivity index (χ0) is 20.1. The highest BCUT2D eigenvalue weighted by Gasteiger charge is 2.60. The van der Waals surface area contributed by atoms with E-state index < -0.39 is 0 Å². The molecule has 4 aliphatic carbocycles. The topological polar surface area (TPSA) is 17.1 Å². The minimum Gasteiger partial charge on any atom is -0.300 e. The molecule has 28 heavy (non-hydrogen) atoms. The van der Waals surface area contributed by atoms with Crippen molar-refractivity contribution in [2.45, 2.75) is 112 Å². The lowest BCUT2D eigenvalue weighted by molar-refractivity contribution is -0.140. The van der Waals surface area contributed by atoms with Gasteiger partial charge in [0.2, 0.25) is 0 Å². The molecule has 4 fully saturated rings. The first-order valence-electron chi connectivity index (χ1n) is 12.8. The van der Waals surface area contributed by atoms with Gasteiger partial charge in [0.1, 0.15) is 5.78 Å². The maximum absolute atomic E-state index is 12.1. The highest BCUT2D eigenvalue weighted by atomic mass is 16.1. The quantitative estimate of drug-likeness (QED) is 0.473. The Balaban J connectivity index is 1.47. The van der Waals surface area contributed by atoms with Gasteiger partial charge < -0.3 is 0 Å². The molecule has 1 heteroatoms. The molecule has 0 aliphatic heterocycles. The van der Waals surface area contributed by atoms with Crippen LogP contribution >= 0.6 is 0 Å². The van der Waals surface area contributed by atoms with Crippen LogP contribution in [0.3, 0.4) is 0 Å². The second-order valence-corrected chi connectivity index (χ2v) is 12.4. The van der Waals surface area contributed by atoms with Crippen molar-refractivity contribution in [3.8, 4) is 0 Å². The lowest BCUT2D eigenvalue weighted by atomic mass is 9.44. The summed E-state index contributed by atoms with van der Waals surface area (Å²) in [7, 11) is 0. The summed E-state index contributed by atoms with van der Waals surface area (Å²) in [5.41, 5.74) is 1.07. The van der Waals surface area contributed by atoms with Crippen LogP contribution in [0, 0.1) is 52.3 Å². The van der Waals surface area contributed by atoms with Crippen LogP contribution in [0.4, 0.5) is 0 Å². The smallest absolute Gasteiger partial charge is 0.133 e. The van der Waals surface area contributed by atoms with Gasteiger partial charge in [-0.3, -0.25) is 4.79 Å². The van der Waals surface area contributed by atoms with E-state index in [4.69, 9.17) is 0 Å². The number of fused-ring (bicyclic) bond motifs is 5. The van der Waals surface area contributed by atoms with Crippen LogP contribution in [-0.4, -0.2) is 5.78 Å². The van der Waals surface area contributed by atoms with Crippen LogP contribution in [0.25, 0.3) is 0 Å². The van der Waals surface area contributed by atoms with Gasteiger partial charge in [-0.05, 0) is 97.2 Å². The predicted molar refractivity (Wildman–Crippen MR) is 118 cm³/mol. The van der Waals surface area contributed by atoms with Crippen LogP contribution in [0.1, 0.15) is 112 Å². The zero-order valence-electron chi connectivity index (χ0n) is 19.4. The Hall–Kier alpha value is -0.330. The molecule has 0 N–H and O–H groups in total. The van der Waals surface area contributed by atoms with Crippen LogP contribution in [0.5, 0.6) is 0 Å². The average Bonchev–Trinajstić information content (AvgIpc) is 2.99. The maximum atomic E-state index is 12.1. The first-order valence-corrected chi connectivity index (χ1v) is 12.8. The minimum absolute atomic E-state index is 0.471. The normalized spacial score (nSPS) is 46.8. The fourth-order valence-corrected chi connectivity index (χ4v) is 9.07. The van der Waals surface area contributed by atoms with Crippen molar-refractivity contribution in [2.75, 3.05) is 0 Å². The maximum Gasteiger partial charge on any atom is 0.133 e. The molecule has 1 unspecified atom stereocenters. The Kier molecular flexibility index (Phi) is 5.78. The van der Waals surface area contributed by atoms with E-state index in [9.17, 15) is 4.79 Å². The molecular formula is C27H46O. The molecule has 4 saturated carbocycles. The monoisotopic (exact) mass is 386 g/mol. The summed E-state index contributed by atoms with van der Waals surface area (Å²) in [6.07, 6.45) is 15.9. The number of carbonyl (C=O) groups excluding carboxylic acids is 1. The molecule has 160 valence electrons. The van der Waals surface area contributed by atoms with Gasteiger partial charge in [0.15, 0.2) is 0 Å². The molecule has 8 atom stereocenters. The Morgan fingerprint density at radius 1 is 0.893 bits per heavy atom. The number of carbonyl (C=O) groups is 1. The second-order valence-electron chi connectivity index (χ2n) is 12.4. The summed E-state index contributed by atoms with van der Waals surface area (Å²) in [6.45, 7) is 12.6. The fourth-order valence-electron chi connectivity index (χ4n) is 9.07. The number of ketones is 1. The van der Waals surface area contributed by atoms with Crippen molar-refractivity contribution in [1.29, 1.82) is 0 Å². The van der Waals surface area contributed by atoms with Gasteiger partial charge >= 0.3 is 0 Å². The number of hydrogen-bond acceptors (Lipinski definition) is 1. The van der Waals surface area contributed by atoms with E-state index in [2.05, 4.69) is 34.6 Å². The van der Waals surface area contributed by atoms with E-state index in [1.54, 1.807) is 0 Å². The molecule has 0 heterocycles. The highest BCUT2D eigenvalue weighted by molar-refractivity contribution is 5.79. The van der Waals surface area contributed by atoms with Gasteiger partial charge in [-0.15, -0.1) is 0 Å². The lowest BCUT2D eigenvalue weighted by Gasteiger charge is -2.60. The molecule has 0 spiro atoms. The van der Waals surface area contributed by atoms with Gasteiger partial charge in [-0.1, -0.05) is 53.9 Å². The molecule has 4 rings (SSSR count). The molecule has 0 aromatic heterocycles. The van der Waals surface area contributed by atoms with Crippen molar-refractivity contribution in [2.24, 2.45) is 52.3 Å². The van der Waals surface area contributed by atoms with E-state index in [1.165, 1.54) is 64.2 Å². The van der Waals surface area contributed by atoms with Crippen molar-refractivity contribution in [3.05, 3.63) is 0 Å². The van der Waals surface area contributed by atoms with Gasteiger partial charge in [-0.25, -0.2) is 0 Å². The van der Waals surface area contributed by atoms with E-state index in [-0.39, 0.29) is 0 Å². The summed E-state index contributed by atoms with van der Waals surface area (Å²) in [5.74, 6) is 6.82. The number of hydrogen-bond donors (Lipinski definition) is 0. The molecule has 0 amide bonds. The van der Waals surface area contributed by atoms with E-state index in [0.717, 1.165) is 48.3 Å². The number of Topliss-reactive ketones (excluding diaryl/α,β-unsaturated/α-hetero) is 1. The third-order valence-corrected chi connectivity index (χ3v) is 10.7. The Morgan fingerprint density at radius 3 is 2.39 bits per heavy atom. The molecule has 0 aromatic rings. The second kappa shape index (κ2) is 7.73. The Bertz CT molecular complexity index is 579. The Morgan fingerprint density at radius 2 is 1.64 bits per heavy atom. The molecule has 4 aliphatic rings. The van der Waals surface area contributed by atoms with Crippen molar-refractivity contribution in [1.82, 2.24) is 0 Å². The van der Waals surface area contributed by atoms with Gasteiger partial charge in [0, 0.05) is 12.8 Å². The Labute approximate surface area is 174 Å². The largest absolute Gasteiger partial charge is 0.300 e. The van der Waals surface area contributed by atoms with Gasteiger partial charge in [-0.2, -0.15) is 0 Å². The summed E-state index contributed by atoms with van der Waals surface area (Å²) < 4.78 is 0. The number of rotatable bonds is 5. The van der Waals surface area contributed by atoms with E-state index >= 15 is 0 Å². The highest BCUT2D eigenvalue weighted by Crippen LogP contribution is 2.68. The van der Waals surface area contributed by atoms with Crippen molar-refractivity contribution in [3.63, 3.8) is 0 Å². The zero-order valence-corrected chi connectivity index (χ0v) is 19.4. The average molecular weight is 387 g/mol. The summed E-state index contributed by atoms with van der Waals surface area (Å²) in [6, 6.07) is 0. The van der Waals surface area contributed by atoms with Crippen LogP contribution in [0.15, 0.2) is 0 Å². The SMILES string of the molecule is CC(C)CCC[C@@H](C)C1CC[C@H]2[C@@H]3CC[C@H]4CC(=O)CC[C@]4(C)[C@H]3CC[C@]12C. The van der Waals surface area contributed by atoms with Gasteiger partial charge in [0.25, 0.3) is 0 Å². The minimum atomic E-state index is 0.471. The summed E-state index contributed by atoms with van der Waals surface area (Å²) in [5, 5.41) is 0. The van der Waals surface area contributed by atoms with Gasteiger partial charge in [0.05, 0.1) is 0 Å².